The standard InChI is InChI=1S/C15H21ClN2O2S/c1-4-5-17-14-10-6-11(16)13(21-9(3)8(2)19)7-12(10)18-15(14)20/h6-9,14,17,19H,4-5H2,1-3H3,(H,18,20). The molecule has 0 saturated carbocycles. The van der Waals surface area contributed by atoms with Gasteiger partial charge in [-0.1, -0.05) is 25.4 Å². The van der Waals surface area contributed by atoms with Gasteiger partial charge in [-0.05, 0) is 32.0 Å². The van der Waals surface area contributed by atoms with Crippen LogP contribution in [0.2, 0.25) is 5.02 Å². The second kappa shape index (κ2) is 7.01. The Bertz CT molecular complexity index is 537. The molecule has 2 rings (SSSR count). The van der Waals surface area contributed by atoms with Crippen LogP contribution in [0.4, 0.5) is 5.69 Å². The Morgan fingerprint density at radius 2 is 2.19 bits per heavy atom. The molecule has 0 aliphatic carbocycles. The fraction of sp³-hybridized carbons (Fsp3) is 0.533. The number of carbonyl (C=O) groups is 1. The molecule has 1 amide bonds. The van der Waals surface area contributed by atoms with Crippen molar-refractivity contribution in [3.8, 4) is 0 Å². The SMILES string of the molecule is CCCNC1C(=O)Nc2cc(SC(C)C(C)O)c(Cl)cc21. The van der Waals surface area contributed by atoms with Crippen LogP contribution in [0.3, 0.4) is 0 Å². The van der Waals surface area contributed by atoms with Crippen molar-refractivity contribution in [3.05, 3.63) is 22.7 Å². The van der Waals surface area contributed by atoms with Gasteiger partial charge in [-0.15, -0.1) is 11.8 Å². The van der Waals surface area contributed by atoms with Crippen molar-refractivity contribution in [1.82, 2.24) is 5.32 Å². The molecule has 1 aromatic rings. The average Bonchev–Trinajstić information content (AvgIpc) is 2.71. The maximum Gasteiger partial charge on any atom is 0.246 e. The number of hydrogen-bond donors (Lipinski definition) is 3. The fourth-order valence-corrected chi connectivity index (χ4v) is 3.40. The van der Waals surface area contributed by atoms with Crippen LogP contribution in [-0.4, -0.2) is 28.9 Å². The van der Waals surface area contributed by atoms with E-state index in [1.54, 1.807) is 6.92 Å². The lowest BCUT2D eigenvalue weighted by Gasteiger charge is -2.16. The number of anilines is 1. The highest BCUT2D eigenvalue weighted by Crippen LogP contribution is 2.40. The number of amides is 1. The molecule has 21 heavy (non-hydrogen) atoms. The van der Waals surface area contributed by atoms with Crippen molar-refractivity contribution in [2.24, 2.45) is 0 Å². The molecule has 0 spiro atoms. The molecule has 1 aliphatic rings. The van der Waals surface area contributed by atoms with Crippen molar-refractivity contribution in [3.63, 3.8) is 0 Å². The van der Waals surface area contributed by atoms with Gasteiger partial charge in [0.05, 0.1) is 11.1 Å². The first kappa shape index (κ1) is 16.6. The Morgan fingerprint density at radius 1 is 1.48 bits per heavy atom. The molecule has 0 fully saturated rings. The van der Waals surface area contributed by atoms with Crippen LogP contribution in [0.15, 0.2) is 17.0 Å². The average molecular weight is 329 g/mol. The third-order valence-electron chi connectivity index (χ3n) is 3.53. The molecule has 116 valence electrons. The van der Waals surface area contributed by atoms with E-state index in [1.165, 1.54) is 11.8 Å². The molecule has 0 saturated heterocycles. The van der Waals surface area contributed by atoms with Gasteiger partial charge in [0.25, 0.3) is 0 Å². The quantitative estimate of drug-likeness (QED) is 0.702. The van der Waals surface area contributed by atoms with Gasteiger partial charge in [0.15, 0.2) is 0 Å². The number of hydrogen-bond acceptors (Lipinski definition) is 4. The number of aliphatic hydroxyl groups is 1. The number of thioether (sulfide) groups is 1. The summed E-state index contributed by atoms with van der Waals surface area (Å²) in [7, 11) is 0. The zero-order chi connectivity index (χ0) is 15.6. The molecule has 1 aliphatic heterocycles. The van der Waals surface area contributed by atoms with Gasteiger partial charge in [-0.2, -0.15) is 0 Å². The Kier molecular flexibility index (Phi) is 5.54. The van der Waals surface area contributed by atoms with Crippen LogP contribution in [0.1, 0.15) is 38.8 Å². The predicted octanol–water partition coefficient (Wildman–Crippen LogP) is 3.19. The first-order valence-electron chi connectivity index (χ1n) is 7.16. The molecule has 0 bridgehead atoms. The molecule has 3 N–H and O–H groups in total. The van der Waals surface area contributed by atoms with Crippen molar-refractivity contribution in [1.29, 1.82) is 0 Å². The first-order valence-corrected chi connectivity index (χ1v) is 8.42. The maximum atomic E-state index is 12.0. The molecule has 3 unspecified atom stereocenters. The number of carbonyl (C=O) groups excluding carboxylic acids is 1. The number of halogens is 1. The summed E-state index contributed by atoms with van der Waals surface area (Å²) in [6.45, 7) is 6.55. The molecule has 0 aromatic heterocycles. The third-order valence-corrected chi connectivity index (χ3v) is 5.31. The molecule has 0 radical (unpaired) electrons. The minimum absolute atomic E-state index is 0.0340. The van der Waals surface area contributed by atoms with E-state index in [1.807, 2.05) is 19.1 Å². The molecular formula is C15H21ClN2O2S. The number of aliphatic hydroxyl groups excluding tert-OH is 1. The highest BCUT2D eigenvalue weighted by molar-refractivity contribution is 8.00. The van der Waals surface area contributed by atoms with Crippen LogP contribution in [0, 0.1) is 0 Å². The highest BCUT2D eigenvalue weighted by Gasteiger charge is 2.31. The molecular weight excluding hydrogens is 308 g/mol. The highest BCUT2D eigenvalue weighted by atomic mass is 35.5. The van der Waals surface area contributed by atoms with Gasteiger partial charge >= 0.3 is 0 Å². The number of rotatable bonds is 6. The summed E-state index contributed by atoms with van der Waals surface area (Å²) in [4.78, 5) is 12.9. The summed E-state index contributed by atoms with van der Waals surface area (Å²) < 4.78 is 0. The summed E-state index contributed by atoms with van der Waals surface area (Å²) in [5.41, 5.74) is 1.70. The predicted molar refractivity (Wildman–Crippen MR) is 88.1 cm³/mol. The zero-order valence-electron chi connectivity index (χ0n) is 12.4. The minimum Gasteiger partial charge on any atom is -0.392 e. The zero-order valence-corrected chi connectivity index (χ0v) is 14.0. The summed E-state index contributed by atoms with van der Waals surface area (Å²) >= 11 is 7.85. The summed E-state index contributed by atoms with van der Waals surface area (Å²) in [5, 5.41) is 16.4. The molecule has 4 nitrogen and oxygen atoms in total. The van der Waals surface area contributed by atoms with Crippen molar-refractivity contribution < 1.29 is 9.90 Å². The van der Waals surface area contributed by atoms with Crippen molar-refractivity contribution in [2.45, 2.75) is 49.5 Å². The molecule has 1 heterocycles. The fourth-order valence-electron chi connectivity index (χ4n) is 2.14. The minimum atomic E-state index is -0.423. The Hall–Kier alpha value is -0.750. The Labute approximate surface area is 134 Å². The van der Waals surface area contributed by atoms with E-state index in [-0.39, 0.29) is 17.2 Å². The van der Waals surface area contributed by atoms with Gasteiger partial charge in [0, 0.05) is 21.4 Å². The largest absolute Gasteiger partial charge is 0.392 e. The Morgan fingerprint density at radius 3 is 2.81 bits per heavy atom. The Balaban J connectivity index is 2.24. The van der Waals surface area contributed by atoms with Gasteiger partial charge in [0.2, 0.25) is 5.91 Å². The van der Waals surface area contributed by atoms with Crippen LogP contribution in [-0.2, 0) is 4.79 Å². The topological polar surface area (TPSA) is 61.4 Å². The van der Waals surface area contributed by atoms with E-state index in [9.17, 15) is 9.90 Å². The lowest BCUT2D eigenvalue weighted by atomic mass is 10.1. The normalized spacial score (nSPS) is 20.0. The smallest absolute Gasteiger partial charge is 0.246 e. The van der Waals surface area contributed by atoms with Crippen LogP contribution < -0.4 is 10.6 Å². The van der Waals surface area contributed by atoms with E-state index in [0.717, 1.165) is 29.1 Å². The lowest BCUT2D eigenvalue weighted by Crippen LogP contribution is -2.27. The van der Waals surface area contributed by atoms with Gasteiger partial charge < -0.3 is 15.7 Å². The third kappa shape index (κ3) is 3.72. The van der Waals surface area contributed by atoms with Gasteiger partial charge in [0.1, 0.15) is 6.04 Å². The van der Waals surface area contributed by atoms with Crippen molar-refractivity contribution >= 4 is 35.0 Å². The second-order valence-corrected chi connectivity index (χ2v) is 7.14. The van der Waals surface area contributed by atoms with E-state index in [0.29, 0.717) is 5.02 Å². The van der Waals surface area contributed by atoms with E-state index >= 15 is 0 Å². The van der Waals surface area contributed by atoms with Crippen LogP contribution in [0.25, 0.3) is 0 Å². The maximum absolute atomic E-state index is 12.0. The monoisotopic (exact) mass is 328 g/mol. The number of benzene rings is 1. The second-order valence-electron chi connectivity index (χ2n) is 5.31. The summed E-state index contributed by atoms with van der Waals surface area (Å²) in [6, 6.07) is 3.41. The van der Waals surface area contributed by atoms with Gasteiger partial charge in [-0.25, -0.2) is 0 Å². The van der Waals surface area contributed by atoms with E-state index in [4.69, 9.17) is 11.6 Å². The molecule has 3 atom stereocenters. The number of nitrogens with one attached hydrogen (secondary N) is 2. The lowest BCUT2D eigenvalue weighted by molar-refractivity contribution is -0.117. The number of fused-ring (bicyclic) bond motifs is 1. The van der Waals surface area contributed by atoms with E-state index in [2.05, 4.69) is 17.6 Å². The van der Waals surface area contributed by atoms with Crippen molar-refractivity contribution in [2.75, 3.05) is 11.9 Å². The van der Waals surface area contributed by atoms with Crippen LogP contribution in [0.5, 0.6) is 0 Å². The summed E-state index contributed by atoms with van der Waals surface area (Å²) in [5.74, 6) is -0.0414. The van der Waals surface area contributed by atoms with E-state index < -0.39 is 6.10 Å². The van der Waals surface area contributed by atoms with Gasteiger partial charge in [-0.3, -0.25) is 4.79 Å². The molecule has 6 heteroatoms. The van der Waals surface area contributed by atoms with Crippen LogP contribution >= 0.6 is 23.4 Å². The molecule has 1 aromatic carbocycles. The summed E-state index contributed by atoms with van der Waals surface area (Å²) in [6.07, 6.45) is 0.542. The first-order chi connectivity index (χ1) is 9.93.